The van der Waals surface area contributed by atoms with Crippen LogP contribution in [0, 0.1) is 5.92 Å². The van der Waals surface area contributed by atoms with Crippen molar-refractivity contribution in [2.24, 2.45) is 5.92 Å². The van der Waals surface area contributed by atoms with Gasteiger partial charge in [-0.2, -0.15) is 0 Å². The number of benzene rings is 2. The van der Waals surface area contributed by atoms with E-state index in [0.29, 0.717) is 41.8 Å². The molecule has 1 aliphatic heterocycles. The monoisotopic (exact) mass is 414 g/mol. The van der Waals surface area contributed by atoms with Crippen LogP contribution in [0.5, 0.6) is 23.0 Å². The van der Waals surface area contributed by atoms with E-state index in [2.05, 4.69) is 5.32 Å². The quantitative estimate of drug-likeness (QED) is 0.634. The zero-order chi connectivity index (χ0) is 21.5. The highest BCUT2D eigenvalue weighted by Gasteiger charge is 2.36. The van der Waals surface area contributed by atoms with Crippen LogP contribution in [-0.4, -0.2) is 52.8 Å². The lowest BCUT2D eigenvalue weighted by Gasteiger charge is -2.20. The Kier molecular flexibility index (Phi) is 7.00. The molecule has 1 heterocycles. The number of ether oxygens (including phenoxy) is 4. The van der Waals surface area contributed by atoms with E-state index in [1.54, 1.807) is 50.5 Å². The molecular formula is C22H26N2O6. The van der Waals surface area contributed by atoms with Gasteiger partial charge < -0.3 is 29.2 Å². The van der Waals surface area contributed by atoms with Crippen LogP contribution in [0.4, 0.5) is 5.69 Å². The van der Waals surface area contributed by atoms with Gasteiger partial charge in [0.05, 0.1) is 39.5 Å². The molecule has 0 aromatic heterocycles. The van der Waals surface area contributed by atoms with Crippen molar-refractivity contribution >= 4 is 17.5 Å². The number of methoxy groups -OCH3 is 3. The summed E-state index contributed by atoms with van der Waals surface area (Å²) in [4.78, 5) is 26.6. The van der Waals surface area contributed by atoms with Gasteiger partial charge in [0, 0.05) is 25.1 Å². The second kappa shape index (κ2) is 9.87. The molecule has 1 aliphatic rings. The Balaban J connectivity index is 1.54. The zero-order valence-electron chi connectivity index (χ0n) is 17.3. The maximum atomic E-state index is 12.5. The number of carbonyl (C=O) groups is 2. The lowest BCUT2D eigenvalue weighted by molar-refractivity contribution is -0.126. The molecule has 0 aliphatic carbocycles. The van der Waals surface area contributed by atoms with Gasteiger partial charge in [0.15, 0.2) is 0 Å². The number of nitrogens with zero attached hydrogens (tertiary/aromatic N) is 1. The normalized spacial score (nSPS) is 15.6. The standard InChI is InChI=1S/C22H26N2O6/c1-27-16-5-4-6-18(12-16)30-10-9-23-22(26)15-11-21(25)24(14-15)19-13-17(28-2)7-8-20(19)29-3/h4-8,12-13,15H,9-11,14H2,1-3H3,(H,23,26). The first-order valence-corrected chi connectivity index (χ1v) is 9.62. The van der Waals surface area contributed by atoms with E-state index in [1.807, 2.05) is 18.2 Å². The predicted octanol–water partition coefficient (Wildman–Crippen LogP) is 2.26. The average molecular weight is 414 g/mol. The Morgan fingerprint density at radius 2 is 1.77 bits per heavy atom. The van der Waals surface area contributed by atoms with Crippen molar-refractivity contribution in [1.82, 2.24) is 5.32 Å². The largest absolute Gasteiger partial charge is 0.497 e. The fourth-order valence-electron chi connectivity index (χ4n) is 3.30. The van der Waals surface area contributed by atoms with Crippen LogP contribution in [0.25, 0.3) is 0 Å². The van der Waals surface area contributed by atoms with Crippen LogP contribution in [0.3, 0.4) is 0 Å². The van der Waals surface area contributed by atoms with Crippen LogP contribution < -0.4 is 29.2 Å². The van der Waals surface area contributed by atoms with E-state index in [9.17, 15) is 9.59 Å². The van der Waals surface area contributed by atoms with Gasteiger partial charge >= 0.3 is 0 Å². The molecule has 8 nitrogen and oxygen atoms in total. The Hall–Kier alpha value is -3.42. The molecule has 2 amide bonds. The molecule has 1 N–H and O–H groups in total. The number of nitrogens with one attached hydrogen (secondary N) is 1. The summed E-state index contributed by atoms with van der Waals surface area (Å²) < 4.78 is 21.4. The Labute approximate surface area is 175 Å². The van der Waals surface area contributed by atoms with Crippen molar-refractivity contribution < 1.29 is 28.5 Å². The van der Waals surface area contributed by atoms with E-state index in [-0.39, 0.29) is 24.8 Å². The summed E-state index contributed by atoms with van der Waals surface area (Å²) >= 11 is 0. The Bertz CT molecular complexity index is 901. The van der Waals surface area contributed by atoms with Crippen molar-refractivity contribution in [2.75, 3.05) is 45.9 Å². The molecule has 3 rings (SSSR count). The molecule has 30 heavy (non-hydrogen) atoms. The van der Waals surface area contributed by atoms with Crippen molar-refractivity contribution in [3.8, 4) is 23.0 Å². The van der Waals surface area contributed by atoms with Crippen molar-refractivity contribution in [1.29, 1.82) is 0 Å². The first-order chi connectivity index (χ1) is 14.5. The lowest BCUT2D eigenvalue weighted by atomic mass is 10.1. The molecule has 0 bridgehead atoms. The summed E-state index contributed by atoms with van der Waals surface area (Å²) in [6.45, 7) is 0.932. The summed E-state index contributed by atoms with van der Waals surface area (Å²) in [5, 5.41) is 2.84. The lowest BCUT2D eigenvalue weighted by Crippen LogP contribution is -2.35. The van der Waals surface area contributed by atoms with Gasteiger partial charge in [0.25, 0.3) is 0 Å². The number of amides is 2. The average Bonchev–Trinajstić information content (AvgIpc) is 3.17. The molecule has 160 valence electrons. The molecule has 0 radical (unpaired) electrons. The molecule has 1 fully saturated rings. The summed E-state index contributed by atoms with van der Waals surface area (Å²) in [5.41, 5.74) is 0.596. The molecule has 1 atom stereocenters. The molecule has 1 saturated heterocycles. The number of rotatable bonds is 9. The highest BCUT2D eigenvalue weighted by molar-refractivity contribution is 6.01. The molecule has 0 saturated carbocycles. The second-order valence-electron chi connectivity index (χ2n) is 6.76. The fourth-order valence-corrected chi connectivity index (χ4v) is 3.30. The minimum Gasteiger partial charge on any atom is -0.497 e. The number of hydrogen-bond donors (Lipinski definition) is 1. The predicted molar refractivity (Wildman–Crippen MR) is 112 cm³/mol. The van der Waals surface area contributed by atoms with Crippen LogP contribution in [0.15, 0.2) is 42.5 Å². The smallest absolute Gasteiger partial charge is 0.227 e. The summed E-state index contributed by atoms with van der Waals surface area (Å²) in [5.74, 6) is 1.78. The minimum atomic E-state index is -0.440. The third-order valence-corrected chi connectivity index (χ3v) is 4.88. The summed E-state index contributed by atoms with van der Waals surface area (Å²) in [6.07, 6.45) is 0.142. The van der Waals surface area contributed by atoms with Gasteiger partial charge in [-0.15, -0.1) is 0 Å². The molecule has 2 aromatic rings. The van der Waals surface area contributed by atoms with E-state index >= 15 is 0 Å². The van der Waals surface area contributed by atoms with Crippen molar-refractivity contribution in [3.05, 3.63) is 42.5 Å². The van der Waals surface area contributed by atoms with Gasteiger partial charge in [-0.25, -0.2) is 0 Å². The Morgan fingerprint density at radius 1 is 1.03 bits per heavy atom. The van der Waals surface area contributed by atoms with E-state index in [0.717, 1.165) is 0 Å². The molecule has 2 aromatic carbocycles. The van der Waals surface area contributed by atoms with Crippen LogP contribution in [0.1, 0.15) is 6.42 Å². The highest BCUT2D eigenvalue weighted by Crippen LogP contribution is 2.36. The third-order valence-electron chi connectivity index (χ3n) is 4.88. The molecule has 0 spiro atoms. The van der Waals surface area contributed by atoms with E-state index < -0.39 is 5.92 Å². The van der Waals surface area contributed by atoms with E-state index in [4.69, 9.17) is 18.9 Å². The maximum Gasteiger partial charge on any atom is 0.227 e. The summed E-state index contributed by atoms with van der Waals surface area (Å²) in [7, 11) is 4.69. The summed E-state index contributed by atoms with van der Waals surface area (Å²) in [6, 6.07) is 12.5. The topological polar surface area (TPSA) is 86.3 Å². The first kappa shape index (κ1) is 21.3. The van der Waals surface area contributed by atoms with Gasteiger partial charge in [-0.05, 0) is 24.3 Å². The van der Waals surface area contributed by atoms with Gasteiger partial charge in [0.2, 0.25) is 11.8 Å². The van der Waals surface area contributed by atoms with Gasteiger partial charge in [0.1, 0.15) is 29.6 Å². The van der Waals surface area contributed by atoms with Gasteiger partial charge in [-0.1, -0.05) is 6.07 Å². The SMILES string of the molecule is COc1cccc(OCCNC(=O)C2CC(=O)N(c3cc(OC)ccc3OC)C2)c1. The maximum absolute atomic E-state index is 12.5. The van der Waals surface area contributed by atoms with E-state index in [1.165, 1.54) is 0 Å². The van der Waals surface area contributed by atoms with Crippen LogP contribution in [-0.2, 0) is 9.59 Å². The zero-order valence-corrected chi connectivity index (χ0v) is 17.3. The number of carbonyl (C=O) groups excluding carboxylic acids is 2. The number of hydrogen-bond acceptors (Lipinski definition) is 6. The van der Waals surface area contributed by atoms with Crippen molar-refractivity contribution in [3.63, 3.8) is 0 Å². The van der Waals surface area contributed by atoms with Crippen molar-refractivity contribution in [2.45, 2.75) is 6.42 Å². The highest BCUT2D eigenvalue weighted by atomic mass is 16.5. The first-order valence-electron chi connectivity index (χ1n) is 9.62. The molecule has 8 heteroatoms. The number of anilines is 1. The molecule has 1 unspecified atom stereocenters. The van der Waals surface area contributed by atoms with Crippen LogP contribution in [0.2, 0.25) is 0 Å². The second-order valence-corrected chi connectivity index (χ2v) is 6.76. The van der Waals surface area contributed by atoms with Crippen LogP contribution >= 0.6 is 0 Å². The fraction of sp³-hybridized carbons (Fsp3) is 0.364. The van der Waals surface area contributed by atoms with Gasteiger partial charge in [-0.3, -0.25) is 9.59 Å². The minimum absolute atomic E-state index is 0.130. The third kappa shape index (κ3) is 4.94. The Morgan fingerprint density at radius 3 is 2.50 bits per heavy atom. The molecular weight excluding hydrogens is 388 g/mol.